The van der Waals surface area contributed by atoms with Gasteiger partial charge in [0.15, 0.2) is 0 Å². The average molecular weight is 435 g/mol. The summed E-state index contributed by atoms with van der Waals surface area (Å²) in [5.41, 5.74) is 1.74. The number of carbonyl (C=O) groups excluding carboxylic acids is 2. The maximum atomic E-state index is 13.2. The zero-order valence-corrected chi connectivity index (χ0v) is 18.6. The summed E-state index contributed by atoms with van der Waals surface area (Å²) in [6.45, 7) is 6.85. The molecular weight excluding hydrogens is 407 g/mol. The molecule has 2 aromatic rings. The fourth-order valence-electron chi connectivity index (χ4n) is 3.05. The smallest absolute Gasteiger partial charge is 0.242 e. The number of hydrogen-bond donors (Lipinski definition) is 1. The second-order valence-corrected chi connectivity index (χ2v) is 8.31. The van der Waals surface area contributed by atoms with E-state index >= 15 is 0 Å². The average Bonchev–Trinajstić information content (AvgIpc) is 2.69. The molecule has 6 heteroatoms. The van der Waals surface area contributed by atoms with Gasteiger partial charge in [-0.1, -0.05) is 80.4 Å². The second-order valence-electron chi connectivity index (χ2n) is 7.50. The zero-order valence-electron chi connectivity index (χ0n) is 17.1. The Morgan fingerprint density at radius 1 is 1.00 bits per heavy atom. The molecule has 0 radical (unpaired) electrons. The lowest BCUT2D eigenvalue weighted by molar-refractivity contribution is -0.141. The van der Waals surface area contributed by atoms with Crippen LogP contribution in [0.4, 0.5) is 0 Å². The molecule has 0 fully saturated rings. The first-order valence-electron chi connectivity index (χ1n) is 9.86. The fourth-order valence-corrected chi connectivity index (χ4v) is 3.37. The monoisotopic (exact) mass is 434 g/mol. The SMILES string of the molecule is CCC(C(=O)NCC(C)C)N(Cc1ccc(Cl)c(Cl)c1)C(=O)Cc1ccccc1. The third-order valence-corrected chi connectivity index (χ3v) is 5.34. The molecule has 2 amide bonds. The summed E-state index contributed by atoms with van der Waals surface area (Å²) in [6.07, 6.45) is 0.752. The molecule has 0 aliphatic heterocycles. The van der Waals surface area contributed by atoms with Gasteiger partial charge in [-0.2, -0.15) is 0 Å². The van der Waals surface area contributed by atoms with Crippen LogP contribution in [-0.4, -0.2) is 29.3 Å². The topological polar surface area (TPSA) is 49.4 Å². The Hall–Kier alpha value is -2.04. The summed E-state index contributed by atoms with van der Waals surface area (Å²) in [7, 11) is 0. The van der Waals surface area contributed by atoms with Gasteiger partial charge in [0.05, 0.1) is 16.5 Å². The molecule has 29 heavy (non-hydrogen) atoms. The lowest BCUT2D eigenvalue weighted by Gasteiger charge is -2.31. The van der Waals surface area contributed by atoms with Crippen molar-refractivity contribution in [2.75, 3.05) is 6.54 Å². The highest BCUT2D eigenvalue weighted by Gasteiger charge is 2.28. The summed E-state index contributed by atoms with van der Waals surface area (Å²) in [5, 5.41) is 3.84. The lowest BCUT2D eigenvalue weighted by Crippen LogP contribution is -2.50. The molecule has 1 unspecified atom stereocenters. The normalized spacial score (nSPS) is 11.9. The van der Waals surface area contributed by atoms with E-state index in [9.17, 15) is 9.59 Å². The van der Waals surface area contributed by atoms with Crippen LogP contribution >= 0.6 is 23.2 Å². The number of rotatable bonds is 9. The molecule has 4 nitrogen and oxygen atoms in total. The Morgan fingerprint density at radius 2 is 1.69 bits per heavy atom. The van der Waals surface area contributed by atoms with Gasteiger partial charge in [0, 0.05) is 13.1 Å². The van der Waals surface area contributed by atoms with E-state index in [1.807, 2.05) is 57.2 Å². The highest BCUT2D eigenvalue weighted by Crippen LogP contribution is 2.24. The van der Waals surface area contributed by atoms with Crippen LogP contribution in [0.25, 0.3) is 0 Å². The lowest BCUT2D eigenvalue weighted by atomic mass is 10.1. The molecule has 156 valence electrons. The van der Waals surface area contributed by atoms with Crippen molar-refractivity contribution >= 4 is 35.0 Å². The van der Waals surface area contributed by atoms with Crippen molar-refractivity contribution in [1.29, 1.82) is 0 Å². The Balaban J connectivity index is 2.27. The summed E-state index contributed by atoms with van der Waals surface area (Å²) >= 11 is 12.2. The van der Waals surface area contributed by atoms with Crippen LogP contribution in [0.2, 0.25) is 10.0 Å². The molecule has 0 saturated heterocycles. The highest BCUT2D eigenvalue weighted by atomic mass is 35.5. The first kappa shape index (κ1) is 23.2. The van der Waals surface area contributed by atoms with Crippen molar-refractivity contribution in [2.24, 2.45) is 5.92 Å². The third-order valence-electron chi connectivity index (χ3n) is 4.61. The molecule has 2 rings (SSSR count). The Bertz CT molecular complexity index is 825. The summed E-state index contributed by atoms with van der Waals surface area (Å²) in [5.74, 6) is 0.0940. The molecule has 0 aliphatic carbocycles. The third kappa shape index (κ3) is 7.06. The number of halogens is 2. The van der Waals surface area contributed by atoms with Crippen molar-refractivity contribution in [3.05, 3.63) is 69.7 Å². The van der Waals surface area contributed by atoms with E-state index in [0.717, 1.165) is 11.1 Å². The van der Waals surface area contributed by atoms with Crippen molar-refractivity contribution in [3.63, 3.8) is 0 Å². The molecule has 0 aliphatic rings. The van der Waals surface area contributed by atoms with E-state index in [0.29, 0.717) is 28.9 Å². The molecule has 1 N–H and O–H groups in total. The predicted molar refractivity (Wildman–Crippen MR) is 119 cm³/mol. The number of nitrogens with one attached hydrogen (secondary N) is 1. The molecule has 0 saturated carbocycles. The van der Waals surface area contributed by atoms with Crippen molar-refractivity contribution in [3.8, 4) is 0 Å². The van der Waals surface area contributed by atoms with Gasteiger partial charge in [-0.25, -0.2) is 0 Å². The molecule has 1 atom stereocenters. The Kier molecular flexibility index (Phi) is 8.99. The minimum absolute atomic E-state index is 0.103. The van der Waals surface area contributed by atoms with E-state index in [1.165, 1.54) is 0 Å². The van der Waals surface area contributed by atoms with E-state index < -0.39 is 6.04 Å². The minimum Gasteiger partial charge on any atom is -0.354 e. The van der Waals surface area contributed by atoms with Crippen LogP contribution in [-0.2, 0) is 22.6 Å². The standard InChI is InChI=1S/C23H28Cl2N2O2/c1-4-21(23(29)26-14-16(2)3)27(15-18-10-11-19(24)20(25)12-18)22(28)13-17-8-6-5-7-9-17/h5-12,16,21H,4,13-15H2,1-3H3,(H,26,29). The van der Waals surface area contributed by atoms with Crippen molar-refractivity contribution in [1.82, 2.24) is 10.2 Å². The van der Waals surface area contributed by atoms with Crippen molar-refractivity contribution in [2.45, 2.75) is 46.2 Å². The van der Waals surface area contributed by atoms with Crippen LogP contribution in [0.1, 0.15) is 38.3 Å². The molecule has 2 aromatic carbocycles. The van der Waals surface area contributed by atoms with Gasteiger partial charge in [0.1, 0.15) is 6.04 Å². The highest BCUT2D eigenvalue weighted by molar-refractivity contribution is 6.42. The quantitative estimate of drug-likeness (QED) is 0.595. The van der Waals surface area contributed by atoms with E-state index in [-0.39, 0.29) is 24.8 Å². The Labute approximate surface area is 183 Å². The molecular formula is C23H28Cl2N2O2. The van der Waals surface area contributed by atoms with Crippen molar-refractivity contribution < 1.29 is 9.59 Å². The summed E-state index contributed by atoms with van der Waals surface area (Å²) < 4.78 is 0. The van der Waals surface area contributed by atoms with Crippen LogP contribution in [0, 0.1) is 5.92 Å². The van der Waals surface area contributed by atoms with Crippen LogP contribution in [0.15, 0.2) is 48.5 Å². The van der Waals surface area contributed by atoms with Gasteiger partial charge in [-0.05, 0) is 35.6 Å². The van der Waals surface area contributed by atoms with E-state index in [2.05, 4.69) is 5.32 Å². The van der Waals surface area contributed by atoms with Crippen LogP contribution < -0.4 is 5.32 Å². The first-order valence-corrected chi connectivity index (χ1v) is 10.6. The molecule has 0 spiro atoms. The largest absolute Gasteiger partial charge is 0.354 e. The summed E-state index contributed by atoms with van der Waals surface area (Å²) in [4.78, 5) is 27.7. The molecule has 0 aromatic heterocycles. The van der Waals surface area contributed by atoms with Gasteiger partial charge in [-0.3, -0.25) is 9.59 Å². The summed E-state index contributed by atoms with van der Waals surface area (Å²) in [6, 6.07) is 14.3. The maximum Gasteiger partial charge on any atom is 0.242 e. The van der Waals surface area contributed by atoms with Crippen LogP contribution in [0.5, 0.6) is 0 Å². The van der Waals surface area contributed by atoms with Crippen LogP contribution in [0.3, 0.4) is 0 Å². The molecule has 0 bridgehead atoms. The predicted octanol–water partition coefficient (Wildman–Crippen LogP) is 5.12. The second kappa shape index (κ2) is 11.2. The minimum atomic E-state index is -0.556. The fraction of sp³-hybridized carbons (Fsp3) is 0.391. The Morgan fingerprint density at radius 3 is 2.28 bits per heavy atom. The maximum absolute atomic E-state index is 13.2. The van der Waals surface area contributed by atoms with Gasteiger partial charge < -0.3 is 10.2 Å². The number of nitrogens with zero attached hydrogens (tertiary/aromatic N) is 1. The van der Waals surface area contributed by atoms with Gasteiger partial charge in [0.25, 0.3) is 0 Å². The van der Waals surface area contributed by atoms with E-state index in [4.69, 9.17) is 23.2 Å². The number of hydrogen-bond acceptors (Lipinski definition) is 2. The number of benzene rings is 2. The van der Waals surface area contributed by atoms with Gasteiger partial charge >= 0.3 is 0 Å². The number of carbonyl (C=O) groups is 2. The zero-order chi connectivity index (χ0) is 21.4. The molecule has 0 heterocycles. The number of amides is 2. The van der Waals surface area contributed by atoms with Gasteiger partial charge in [-0.15, -0.1) is 0 Å². The van der Waals surface area contributed by atoms with E-state index in [1.54, 1.807) is 17.0 Å². The van der Waals surface area contributed by atoms with Gasteiger partial charge in [0.2, 0.25) is 11.8 Å². The first-order chi connectivity index (χ1) is 13.8.